The molecule has 0 bridgehead atoms. The number of nitrogens with zero attached hydrogens (tertiary/aromatic N) is 1. The zero-order chi connectivity index (χ0) is 15.6. The fourth-order valence-corrected chi connectivity index (χ4v) is 2.05. The predicted molar refractivity (Wildman–Crippen MR) is 77.7 cm³/mol. The molecule has 0 fully saturated rings. The van der Waals surface area contributed by atoms with Crippen molar-refractivity contribution in [1.82, 2.24) is 9.88 Å². The van der Waals surface area contributed by atoms with E-state index < -0.39 is 0 Å². The SMILES string of the molecule is CC(=O)c1c[nH]c(C(=O)N(C)[C@H](C)c2ccc(F)cc2)c1. The van der Waals surface area contributed by atoms with Crippen molar-refractivity contribution in [1.29, 1.82) is 0 Å². The number of nitrogens with one attached hydrogen (secondary N) is 1. The molecule has 110 valence electrons. The number of Topliss-reactive ketones (excluding diaryl/α,β-unsaturated/α-hetero) is 1. The Balaban J connectivity index is 2.17. The van der Waals surface area contributed by atoms with Crippen molar-refractivity contribution in [3.63, 3.8) is 0 Å². The fourth-order valence-electron chi connectivity index (χ4n) is 2.05. The van der Waals surface area contributed by atoms with Crippen LogP contribution in [0.5, 0.6) is 0 Å². The highest BCUT2D eigenvalue weighted by Crippen LogP contribution is 2.21. The first-order valence-electron chi connectivity index (χ1n) is 6.62. The van der Waals surface area contributed by atoms with E-state index in [0.717, 1.165) is 5.56 Å². The van der Waals surface area contributed by atoms with Crippen molar-refractivity contribution in [2.45, 2.75) is 19.9 Å². The number of carbonyl (C=O) groups is 2. The molecule has 0 aliphatic heterocycles. The van der Waals surface area contributed by atoms with Gasteiger partial charge in [-0.05, 0) is 37.6 Å². The standard InChI is InChI=1S/C16H17FN2O2/c1-10(12-4-6-14(17)7-5-12)19(3)16(21)15-8-13(9-18-15)11(2)20/h4-10,18H,1-3H3/t10-/m1/s1. The van der Waals surface area contributed by atoms with Crippen molar-refractivity contribution in [3.8, 4) is 0 Å². The number of benzene rings is 1. The van der Waals surface area contributed by atoms with Crippen LogP contribution in [0.4, 0.5) is 4.39 Å². The van der Waals surface area contributed by atoms with Gasteiger partial charge in [-0.15, -0.1) is 0 Å². The normalized spacial score (nSPS) is 12.0. The van der Waals surface area contributed by atoms with Gasteiger partial charge in [0.1, 0.15) is 11.5 Å². The highest BCUT2D eigenvalue weighted by atomic mass is 19.1. The van der Waals surface area contributed by atoms with Crippen LogP contribution >= 0.6 is 0 Å². The van der Waals surface area contributed by atoms with Gasteiger partial charge in [-0.1, -0.05) is 12.1 Å². The minimum atomic E-state index is -0.310. The minimum absolute atomic E-state index is 0.0977. The Morgan fingerprint density at radius 1 is 1.24 bits per heavy atom. The summed E-state index contributed by atoms with van der Waals surface area (Å²) >= 11 is 0. The van der Waals surface area contributed by atoms with E-state index in [0.29, 0.717) is 11.3 Å². The Kier molecular flexibility index (Phi) is 4.21. The molecule has 1 aromatic carbocycles. The number of rotatable bonds is 4. The predicted octanol–water partition coefficient (Wildman–Crippen LogP) is 3.19. The third-order valence-electron chi connectivity index (χ3n) is 3.57. The molecule has 4 nitrogen and oxygen atoms in total. The van der Waals surface area contributed by atoms with Crippen molar-refractivity contribution < 1.29 is 14.0 Å². The van der Waals surface area contributed by atoms with Crippen LogP contribution in [0.1, 0.15) is 46.3 Å². The maximum atomic E-state index is 12.9. The van der Waals surface area contributed by atoms with E-state index in [4.69, 9.17) is 0 Å². The molecule has 0 unspecified atom stereocenters. The van der Waals surface area contributed by atoms with E-state index >= 15 is 0 Å². The number of hydrogen-bond acceptors (Lipinski definition) is 2. The van der Waals surface area contributed by atoms with Crippen molar-refractivity contribution in [2.75, 3.05) is 7.05 Å². The molecular formula is C16H17FN2O2. The molecule has 1 N–H and O–H groups in total. The Bertz CT molecular complexity index is 661. The van der Waals surface area contributed by atoms with Crippen LogP contribution in [-0.2, 0) is 0 Å². The lowest BCUT2D eigenvalue weighted by atomic mass is 10.1. The number of carbonyl (C=O) groups excluding carboxylic acids is 2. The second kappa shape index (κ2) is 5.91. The van der Waals surface area contributed by atoms with Gasteiger partial charge in [0.15, 0.2) is 5.78 Å². The molecule has 0 saturated heterocycles. The molecule has 1 heterocycles. The maximum Gasteiger partial charge on any atom is 0.270 e. The van der Waals surface area contributed by atoms with E-state index in [2.05, 4.69) is 4.98 Å². The zero-order valence-electron chi connectivity index (χ0n) is 12.2. The molecule has 0 saturated carbocycles. The highest BCUT2D eigenvalue weighted by molar-refractivity contribution is 5.99. The number of hydrogen-bond donors (Lipinski definition) is 1. The number of H-pyrrole nitrogens is 1. The van der Waals surface area contributed by atoms with Crippen LogP contribution in [0.15, 0.2) is 36.5 Å². The number of ketones is 1. The van der Waals surface area contributed by atoms with Crippen molar-refractivity contribution >= 4 is 11.7 Å². The van der Waals surface area contributed by atoms with Crippen LogP contribution in [0.2, 0.25) is 0 Å². The number of amides is 1. The largest absolute Gasteiger partial charge is 0.356 e. The van der Waals surface area contributed by atoms with Crippen molar-refractivity contribution in [3.05, 3.63) is 59.2 Å². The summed E-state index contributed by atoms with van der Waals surface area (Å²) in [5, 5.41) is 0. The molecule has 0 aliphatic carbocycles. The Labute approximate surface area is 122 Å². The summed E-state index contributed by atoms with van der Waals surface area (Å²) in [5.74, 6) is -0.630. The summed E-state index contributed by atoms with van der Waals surface area (Å²) in [5.41, 5.74) is 1.67. The average Bonchev–Trinajstić information content (AvgIpc) is 2.96. The van der Waals surface area contributed by atoms with Gasteiger partial charge in [0.05, 0.1) is 6.04 Å². The fraction of sp³-hybridized carbons (Fsp3) is 0.250. The first-order chi connectivity index (χ1) is 9.90. The highest BCUT2D eigenvalue weighted by Gasteiger charge is 2.20. The maximum absolute atomic E-state index is 12.9. The second-order valence-corrected chi connectivity index (χ2v) is 5.00. The van der Waals surface area contributed by atoms with Gasteiger partial charge in [0, 0.05) is 18.8 Å². The first-order valence-corrected chi connectivity index (χ1v) is 6.62. The molecule has 21 heavy (non-hydrogen) atoms. The first kappa shape index (κ1) is 15.0. The molecule has 0 spiro atoms. The van der Waals surface area contributed by atoms with Crippen LogP contribution in [0.25, 0.3) is 0 Å². The smallest absolute Gasteiger partial charge is 0.270 e. The number of halogens is 1. The third-order valence-corrected chi connectivity index (χ3v) is 3.57. The van der Waals surface area contributed by atoms with Gasteiger partial charge in [-0.2, -0.15) is 0 Å². The number of aromatic nitrogens is 1. The summed E-state index contributed by atoms with van der Waals surface area (Å²) in [7, 11) is 1.67. The van der Waals surface area contributed by atoms with Gasteiger partial charge in [-0.25, -0.2) is 4.39 Å². The van der Waals surface area contributed by atoms with E-state index in [9.17, 15) is 14.0 Å². The Morgan fingerprint density at radius 3 is 2.38 bits per heavy atom. The molecular weight excluding hydrogens is 271 g/mol. The molecule has 1 atom stereocenters. The summed E-state index contributed by atoms with van der Waals surface area (Å²) < 4.78 is 12.9. The summed E-state index contributed by atoms with van der Waals surface area (Å²) in [4.78, 5) is 28.0. The lowest BCUT2D eigenvalue weighted by Crippen LogP contribution is -2.29. The van der Waals surface area contributed by atoms with Crippen LogP contribution in [0, 0.1) is 5.82 Å². The van der Waals surface area contributed by atoms with Gasteiger partial charge in [0.25, 0.3) is 5.91 Å². The molecule has 2 rings (SSSR count). The average molecular weight is 288 g/mol. The van der Waals surface area contributed by atoms with Gasteiger partial charge < -0.3 is 9.88 Å². The molecule has 1 aromatic heterocycles. The Morgan fingerprint density at radius 2 is 1.86 bits per heavy atom. The van der Waals surface area contributed by atoms with Crippen LogP contribution in [-0.4, -0.2) is 28.6 Å². The monoisotopic (exact) mass is 288 g/mol. The van der Waals surface area contributed by atoms with Crippen LogP contribution in [0.3, 0.4) is 0 Å². The minimum Gasteiger partial charge on any atom is -0.356 e. The quantitative estimate of drug-likeness (QED) is 0.878. The van der Waals surface area contributed by atoms with E-state index in [1.807, 2.05) is 6.92 Å². The van der Waals surface area contributed by atoms with Gasteiger partial charge >= 0.3 is 0 Å². The lowest BCUT2D eigenvalue weighted by Gasteiger charge is -2.24. The molecule has 0 radical (unpaired) electrons. The van der Waals surface area contributed by atoms with Crippen molar-refractivity contribution in [2.24, 2.45) is 0 Å². The molecule has 2 aromatic rings. The molecule has 5 heteroatoms. The summed E-state index contributed by atoms with van der Waals surface area (Å²) in [6, 6.07) is 7.37. The molecule has 0 aliphatic rings. The van der Waals surface area contributed by atoms with E-state index in [-0.39, 0.29) is 23.5 Å². The van der Waals surface area contributed by atoms with Gasteiger partial charge in [-0.3, -0.25) is 9.59 Å². The molecule has 1 amide bonds. The number of aromatic amines is 1. The third kappa shape index (κ3) is 3.18. The summed E-state index contributed by atoms with van der Waals surface area (Å²) in [6.45, 7) is 3.31. The van der Waals surface area contributed by atoms with E-state index in [1.54, 1.807) is 30.1 Å². The van der Waals surface area contributed by atoms with Gasteiger partial charge in [0.2, 0.25) is 0 Å². The second-order valence-electron chi connectivity index (χ2n) is 5.00. The zero-order valence-corrected chi connectivity index (χ0v) is 12.2. The Hall–Kier alpha value is -2.43. The topological polar surface area (TPSA) is 53.2 Å². The summed E-state index contributed by atoms with van der Waals surface area (Å²) in [6.07, 6.45) is 1.52. The lowest BCUT2D eigenvalue weighted by molar-refractivity contribution is 0.0737. The van der Waals surface area contributed by atoms with Crippen LogP contribution < -0.4 is 0 Å². The van der Waals surface area contributed by atoms with E-state index in [1.165, 1.54) is 25.3 Å².